The van der Waals surface area contributed by atoms with Crippen LogP contribution < -0.4 is 0 Å². The van der Waals surface area contributed by atoms with Crippen LogP contribution in [0.15, 0.2) is 158 Å². The van der Waals surface area contributed by atoms with E-state index in [0.717, 1.165) is 0 Å². The van der Waals surface area contributed by atoms with Crippen LogP contribution in [0.1, 0.15) is 0 Å². The van der Waals surface area contributed by atoms with E-state index in [1.165, 1.54) is 121 Å². The Balaban J connectivity index is 1.24. The minimum atomic E-state index is 1.19. The van der Waals surface area contributed by atoms with Gasteiger partial charge in [0.25, 0.3) is 0 Å². The Morgan fingerprint density at radius 3 is 1.08 bits per heavy atom. The van der Waals surface area contributed by atoms with E-state index < -0.39 is 0 Å². The molecule has 2 nitrogen and oxygen atoms in total. The first kappa shape index (κ1) is 26.3. The predicted octanol–water partition coefficient (Wildman–Crippen LogP) is 12.9. The fourth-order valence-electron chi connectivity index (χ4n) is 9.34. The number of benzene rings is 8. The van der Waals surface area contributed by atoms with Crippen molar-refractivity contribution in [2.45, 2.75) is 0 Å². The summed E-state index contributed by atoms with van der Waals surface area (Å²) in [5, 5.41) is 12.9. The molecule has 8 aromatic carbocycles. The molecular formula is C48H26N2. The van der Waals surface area contributed by atoms with E-state index in [-0.39, 0.29) is 0 Å². The van der Waals surface area contributed by atoms with E-state index in [9.17, 15) is 0 Å². The second kappa shape index (κ2) is 9.49. The minimum absolute atomic E-state index is 1.19. The summed E-state index contributed by atoms with van der Waals surface area (Å²) in [6.45, 7) is 0. The molecule has 2 aliphatic carbocycles. The first-order valence-electron chi connectivity index (χ1n) is 17.2. The van der Waals surface area contributed by atoms with Crippen molar-refractivity contribution in [2.24, 2.45) is 0 Å². The van der Waals surface area contributed by atoms with Gasteiger partial charge in [-0.3, -0.25) is 9.97 Å². The lowest BCUT2D eigenvalue weighted by molar-refractivity contribution is 1.33. The molecule has 0 saturated carbocycles. The number of aromatic nitrogens is 2. The van der Waals surface area contributed by atoms with Crippen molar-refractivity contribution in [3.8, 4) is 66.8 Å². The van der Waals surface area contributed by atoms with Crippen LogP contribution in [-0.2, 0) is 0 Å². The van der Waals surface area contributed by atoms with Crippen LogP contribution in [0.3, 0.4) is 0 Å². The minimum Gasteiger partial charge on any atom is -0.265 e. The molecule has 12 rings (SSSR count). The number of pyridine rings is 2. The van der Waals surface area contributed by atoms with Gasteiger partial charge in [-0.1, -0.05) is 97.1 Å². The normalized spacial score (nSPS) is 12.4. The number of rotatable bonds is 2. The van der Waals surface area contributed by atoms with E-state index in [1.807, 2.05) is 24.8 Å². The quantitative estimate of drug-likeness (QED) is 0.178. The van der Waals surface area contributed by atoms with E-state index in [2.05, 4.69) is 143 Å². The number of fused-ring (bicyclic) bond motifs is 11. The third-order valence-corrected chi connectivity index (χ3v) is 11.3. The monoisotopic (exact) mass is 630 g/mol. The van der Waals surface area contributed by atoms with Crippen LogP contribution in [0.5, 0.6) is 0 Å². The molecule has 0 fully saturated rings. The molecule has 0 aliphatic heterocycles. The van der Waals surface area contributed by atoms with Gasteiger partial charge in [-0.2, -0.15) is 0 Å². The average Bonchev–Trinajstić information content (AvgIpc) is 3.68. The number of hydrogen-bond donors (Lipinski definition) is 0. The van der Waals surface area contributed by atoms with E-state index >= 15 is 0 Å². The summed E-state index contributed by atoms with van der Waals surface area (Å²) >= 11 is 0. The molecule has 0 spiro atoms. The van der Waals surface area contributed by atoms with Gasteiger partial charge in [0.2, 0.25) is 0 Å². The second-order valence-electron chi connectivity index (χ2n) is 13.7. The molecule has 0 unspecified atom stereocenters. The summed E-state index contributed by atoms with van der Waals surface area (Å²) in [5.41, 5.74) is 15.4. The van der Waals surface area contributed by atoms with Crippen LogP contribution in [0.2, 0.25) is 0 Å². The van der Waals surface area contributed by atoms with Gasteiger partial charge in [-0.05, 0) is 157 Å². The third-order valence-electron chi connectivity index (χ3n) is 11.3. The average molecular weight is 631 g/mol. The highest BCUT2D eigenvalue weighted by molar-refractivity contribution is 6.30. The van der Waals surface area contributed by atoms with Gasteiger partial charge in [0.15, 0.2) is 0 Å². The Labute approximate surface area is 287 Å². The molecule has 2 aliphatic rings. The van der Waals surface area contributed by atoms with Crippen LogP contribution in [0.4, 0.5) is 0 Å². The third kappa shape index (κ3) is 3.28. The van der Waals surface area contributed by atoms with E-state index in [0.29, 0.717) is 0 Å². The van der Waals surface area contributed by atoms with E-state index in [4.69, 9.17) is 0 Å². The summed E-state index contributed by atoms with van der Waals surface area (Å²) in [7, 11) is 0. The molecule has 0 saturated heterocycles. The molecule has 50 heavy (non-hydrogen) atoms. The molecular weight excluding hydrogens is 605 g/mol. The Kier molecular flexibility index (Phi) is 5.00. The fraction of sp³-hybridized carbons (Fsp3) is 0. The standard InChI is InChI=1S/C48H26N2/c1-5-27-7-3-11-37-43(27)33(9-1)41-25-39-31-13-16-36-40(32(31)14-15-35(39)45(47(37)41)29-17-21-49-22-18-29)26-42-34-10-2-6-28-8-4-12-38(44(28)34)48(42)46(36)30-19-23-50-24-20-30/h1-26H. The highest BCUT2D eigenvalue weighted by Gasteiger charge is 2.29. The summed E-state index contributed by atoms with van der Waals surface area (Å²) in [5.74, 6) is 0. The van der Waals surface area contributed by atoms with Gasteiger partial charge in [0.05, 0.1) is 0 Å². The van der Waals surface area contributed by atoms with Gasteiger partial charge in [0, 0.05) is 24.8 Å². The molecule has 2 aromatic heterocycles. The maximum absolute atomic E-state index is 4.39. The zero-order chi connectivity index (χ0) is 32.5. The van der Waals surface area contributed by atoms with Gasteiger partial charge in [0.1, 0.15) is 0 Å². The summed E-state index contributed by atoms with van der Waals surface area (Å²) in [6, 6.07) is 49.9. The van der Waals surface area contributed by atoms with Crippen LogP contribution >= 0.6 is 0 Å². The van der Waals surface area contributed by atoms with Crippen molar-refractivity contribution in [3.63, 3.8) is 0 Å². The first-order valence-corrected chi connectivity index (χ1v) is 17.2. The van der Waals surface area contributed by atoms with Crippen molar-refractivity contribution in [1.82, 2.24) is 9.97 Å². The molecule has 2 heterocycles. The topological polar surface area (TPSA) is 25.8 Å². The van der Waals surface area contributed by atoms with E-state index in [1.54, 1.807) is 0 Å². The van der Waals surface area contributed by atoms with Crippen LogP contribution in [-0.4, -0.2) is 9.97 Å². The zero-order valence-electron chi connectivity index (χ0n) is 26.9. The Morgan fingerprint density at radius 1 is 0.280 bits per heavy atom. The van der Waals surface area contributed by atoms with Crippen molar-refractivity contribution in [3.05, 3.63) is 158 Å². The zero-order valence-corrected chi connectivity index (χ0v) is 26.9. The molecule has 10 aromatic rings. The first-order chi connectivity index (χ1) is 24.8. The molecule has 0 bridgehead atoms. The van der Waals surface area contributed by atoms with Gasteiger partial charge in [-0.25, -0.2) is 0 Å². The van der Waals surface area contributed by atoms with Crippen molar-refractivity contribution in [2.75, 3.05) is 0 Å². The molecule has 228 valence electrons. The fourth-order valence-corrected chi connectivity index (χ4v) is 9.34. The summed E-state index contributed by atoms with van der Waals surface area (Å²) in [4.78, 5) is 8.79. The van der Waals surface area contributed by atoms with Crippen LogP contribution in [0.25, 0.3) is 121 Å². The maximum Gasteiger partial charge on any atom is 0.0273 e. The highest BCUT2D eigenvalue weighted by atomic mass is 14.6. The van der Waals surface area contributed by atoms with Gasteiger partial charge >= 0.3 is 0 Å². The van der Waals surface area contributed by atoms with Gasteiger partial charge in [-0.15, -0.1) is 0 Å². The van der Waals surface area contributed by atoms with Gasteiger partial charge < -0.3 is 0 Å². The summed E-state index contributed by atoms with van der Waals surface area (Å²) in [6.07, 6.45) is 7.66. The predicted molar refractivity (Wildman–Crippen MR) is 209 cm³/mol. The highest BCUT2D eigenvalue weighted by Crippen LogP contribution is 2.56. The second-order valence-corrected chi connectivity index (χ2v) is 13.7. The molecule has 0 N–H and O–H groups in total. The smallest absolute Gasteiger partial charge is 0.0273 e. The van der Waals surface area contributed by atoms with Crippen molar-refractivity contribution >= 4 is 53.9 Å². The maximum atomic E-state index is 4.39. The lowest BCUT2D eigenvalue weighted by Gasteiger charge is -2.19. The van der Waals surface area contributed by atoms with Crippen molar-refractivity contribution < 1.29 is 0 Å². The molecule has 0 radical (unpaired) electrons. The molecule has 2 heteroatoms. The Bertz CT molecular complexity index is 2900. The van der Waals surface area contributed by atoms with Crippen LogP contribution in [0, 0.1) is 0 Å². The Hall–Kier alpha value is -6.64. The number of nitrogens with zero attached hydrogens (tertiary/aromatic N) is 2. The Morgan fingerprint density at radius 2 is 0.660 bits per heavy atom. The lowest BCUT2D eigenvalue weighted by atomic mass is 9.84. The van der Waals surface area contributed by atoms with Crippen molar-refractivity contribution in [1.29, 1.82) is 0 Å². The largest absolute Gasteiger partial charge is 0.265 e. The molecule has 0 atom stereocenters. The SMILES string of the molecule is c1cc2c3c(cccc3c1)-c1c-2cc2c(ccc3c4cc5c(c(-c6ccncc6)c4ccc23)-c2cccc3cccc-5c23)c1-c1ccncc1. The summed E-state index contributed by atoms with van der Waals surface area (Å²) < 4.78 is 0. The molecule has 0 amide bonds. The number of hydrogen-bond acceptors (Lipinski definition) is 2. The lowest BCUT2D eigenvalue weighted by Crippen LogP contribution is -1.92.